The van der Waals surface area contributed by atoms with Gasteiger partial charge in [-0.25, -0.2) is 0 Å². The number of nitrogens with zero attached hydrogens (tertiary/aromatic N) is 1. The molecular weight excluding hydrogens is 356 g/mol. The van der Waals surface area contributed by atoms with Crippen molar-refractivity contribution >= 4 is 11.3 Å². The fraction of sp³-hybridized carbons (Fsp3) is 0.500. The summed E-state index contributed by atoms with van der Waals surface area (Å²) < 4.78 is 11.7. The average Bonchev–Trinajstić information content (AvgIpc) is 3.35. The Morgan fingerprint density at radius 2 is 2.15 bits per heavy atom. The van der Waals surface area contributed by atoms with E-state index < -0.39 is 0 Å². The Kier molecular flexibility index (Phi) is 5.62. The zero-order chi connectivity index (χ0) is 18.6. The highest BCUT2D eigenvalue weighted by Crippen LogP contribution is 2.47. The average molecular weight is 385 g/mol. The Morgan fingerprint density at radius 1 is 1.26 bits per heavy atom. The molecule has 144 valence electrons. The molecule has 1 saturated heterocycles. The highest BCUT2D eigenvalue weighted by atomic mass is 32.1. The van der Waals surface area contributed by atoms with Gasteiger partial charge in [-0.2, -0.15) is 0 Å². The largest absolute Gasteiger partial charge is 0.496 e. The van der Waals surface area contributed by atoms with Gasteiger partial charge in [-0.15, -0.1) is 11.3 Å². The molecule has 2 aromatic rings. The van der Waals surface area contributed by atoms with Gasteiger partial charge in [0, 0.05) is 30.5 Å². The van der Waals surface area contributed by atoms with Crippen LogP contribution in [0.5, 0.6) is 5.75 Å². The molecule has 0 aromatic carbocycles. The van der Waals surface area contributed by atoms with Crippen LogP contribution in [-0.4, -0.2) is 30.8 Å². The molecule has 2 aromatic heterocycles. The lowest BCUT2D eigenvalue weighted by Crippen LogP contribution is -2.47. The van der Waals surface area contributed by atoms with Gasteiger partial charge in [-0.3, -0.25) is 4.98 Å². The number of hydrogen-bond donors (Lipinski definition) is 1. The molecule has 1 spiro atoms. The van der Waals surface area contributed by atoms with E-state index in [-0.39, 0.29) is 11.0 Å². The van der Waals surface area contributed by atoms with Gasteiger partial charge in [0.15, 0.2) is 0 Å². The number of nitrogens with one attached hydrogen (secondary N) is 1. The van der Waals surface area contributed by atoms with Crippen molar-refractivity contribution in [2.75, 3.05) is 20.3 Å². The van der Waals surface area contributed by atoms with Crippen LogP contribution in [0.3, 0.4) is 0 Å². The summed E-state index contributed by atoms with van der Waals surface area (Å²) in [7, 11) is 1.73. The fourth-order valence-electron chi connectivity index (χ4n) is 4.57. The van der Waals surface area contributed by atoms with E-state index in [1.165, 1.54) is 10.6 Å². The first kappa shape index (κ1) is 18.7. The minimum absolute atomic E-state index is 0.0211. The smallest absolute Gasteiger partial charge is 0.134 e. The highest BCUT2D eigenvalue weighted by molar-refractivity contribution is 7.10. The lowest BCUT2D eigenvalue weighted by atomic mass is 9.67. The summed E-state index contributed by atoms with van der Waals surface area (Å²) in [6.45, 7) is 2.63. The first-order valence-electron chi connectivity index (χ1n) is 9.77. The van der Waals surface area contributed by atoms with Crippen LogP contribution in [0.1, 0.15) is 42.7 Å². The second-order valence-corrected chi connectivity index (χ2v) is 8.67. The van der Waals surface area contributed by atoms with Crippen LogP contribution in [0.4, 0.5) is 0 Å². The molecule has 4 rings (SSSR count). The Balaban J connectivity index is 1.46. The molecule has 5 heteroatoms. The third kappa shape index (κ3) is 3.96. The van der Waals surface area contributed by atoms with E-state index in [1.807, 2.05) is 18.3 Å². The minimum atomic E-state index is -0.0211. The van der Waals surface area contributed by atoms with Gasteiger partial charge in [0.25, 0.3) is 0 Å². The van der Waals surface area contributed by atoms with Gasteiger partial charge in [0.2, 0.25) is 0 Å². The molecule has 27 heavy (non-hydrogen) atoms. The predicted molar refractivity (Wildman–Crippen MR) is 109 cm³/mol. The Bertz CT molecular complexity index is 766. The lowest BCUT2D eigenvalue weighted by molar-refractivity contribution is -0.100. The molecule has 0 amide bonds. The monoisotopic (exact) mass is 384 g/mol. The summed E-state index contributed by atoms with van der Waals surface area (Å²) in [5, 5.41) is 5.71. The summed E-state index contributed by atoms with van der Waals surface area (Å²) in [5.41, 5.74) is 1.28. The third-order valence-electron chi connectivity index (χ3n) is 5.99. The van der Waals surface area contributed by atoms with Crippen LogP contribution in [0.15, 0.2) is 48.0 Å². The van der Waals surface area contributed by atoms with E-state index in [4.69, 9.17) is 14.5 Å². The van der Waals surface area contributed by atoms with E-state index >= 15 is 0 Å². The van der Waals surface area contributed by atoms with Gasteiger partial charge in [-0.1, -0.05) is 18.2 Å². The molecule has 2 aliphatic rings. The van der Waals surface area contributed by atoms with Crippen LogP contribution in [0, 0.1) is 0 Å². The molecule has 1 atom stereocenters. The first-order valence-corrected chi connectivity index (χ1v) is 10.6. The predicted octanol–water partition coefficient (Wildman–Crippen LogP) is 4.47. The maximum absolute atomic E-state index is 6.27. The molecule has 0 bridgehead atoms. The van der Waals surface area contributed by atoms with E-state index in [1.54, 1.807) is 18.4 Å². The number of pyridine rings is 1. The number of thiophene rings is 1. The molecule has 4 nitrogen and oxygen atoms in total. The summed E-state index contributed by atoms with van der Waals surface area (Å²) >= 11 is 1.74. The van der Waals surface area contributed by atoms with E-state index in [9.17, 15) is 0 Å². The van der Waals surface area contributed by atoms with Gasteiger partial charge < -0.3 is 14.8 Å². The van der Waals surface area contributed by atoms with E-state index in [2.05, 4.69) is 35.0 Å². The normalized spacial score (nSPS) is 23.7. The molecular formula is C22H28N2O2S. The van der Waals surface area contributed by atoms with Crippen molar-refractivity contribution in [3.63, 3.8) is 0 Å². The summed E-state index contributed by atoms with van der Waals surface area (Å²) in [4.78, 5) is 6.02. The van der Waals surface area contributed by atoms with E-state index in [0.29, 0.717) is 0 Å². The molecule has 1 fully saturated rings. The maximum Gasteiger partial charge on any atom is 0.134 e. The molecule has 1 aliphatic carbocycles. The summed E-state index contributed by atoms with van der Waals surface area (Å²) in [6, 6.07) is 8.35. The second kappa shape index (κ2) is 8.13. The first-order chi connectivity index (χ1) is 13.3. The Labute approximate surface area is 165 Å². The topological polar surface area (TPSA) is 43.4 Å². The molecule has 0 radical (unpaired) electrons. The number of hydrogen-bond acceptors (Lipinski definition) is 5. The lowest BCUT2D eigenvalue weighted by Gasteiger charge is -2.46. The molecule has 0 saturated carbocycles. The zero-order valence-corrected chi connectivity index (χ0v) is 16.8. The van der Waals surface area contributed by atoms with Crippen LogP contribution in [-0.2, 0) is 16.7 Å². The van der Waals surface area contributed by atoms with Crippen LogP contribution in [0.25, 0.3) is 0 Å². The number of methoxy groups -OCH3 is 1. The Morgan fingerprint density at radius 3 is 2.93 bits per heavy atom. The standard InChI is InChI=1S/C22H28N2O2S/c1-25-18-7-15-27-19(18)16-23-13-10-21(20-6-2-5-12-24-20)11-14-26-22(17-21)8-3-4-9-22/h2-7,12,15,23H,8-11,13-14,16-17H2,1H3. The van der Waals surface area contributed by atoms with Crippen molar-refractivity contribution in [2.24, 2.45) is 0 Å². The highest BCUT2D eigenvalue weighted by Gasteiger charge is 2.47. The van der Waals surface area contributed by atoms with Crippen molar-refractivity contribution in [3.05, 3.63) is 58.6 Å². The summed E-state index contributed by atoms with van der Waals surface area (Å²) in [6.07, 6.45) is 11.7. The zero-order valence-electron chi connectivity index (χ0n) is 15.9. The number of rotatable bonds is 7. The van der Waals surface area contributed by atoms with Crippen molar-refractivity contribution < 1.29 is 9.47 Å². The van der Waals surface area contributed by atoms with Crippen molar-refractivity contribution in [1.82, 2.24) is 10.3 Å². The molecule has 1 unspecified atom stereocenters. The van der Waals surface area contributed by atoms with Gasteiger partial charge in [-0.05, 0) is 62.2 Å². The molecule has 1 N–H and O–H groups in total. The van der Waals surface area contributed by atoms with Crippen molar-refractivity contribution in [1.29, 1.82) is 0 Å². The van der Waals surface area contributed by atoms with Gasteiger partial charge in [0.1, 0.15) is 5.75 Å². The Hall–Kier alpha value is -1.69. The van der Waals surface area contributed by atoms with Crippen LogP contribution in [0.2, 0.25) is 0 Å². The fourth-order valence-corrected chi connectivity index (χ4v) is 5.38. The van der Waals surface area contributed by atoms with Gasteiger partial charge in [0.05, 0.1) is 17.6 Å². The van der Waals surface area contributed by atoms with Crippen molar-refractivity contribution in [3.8, 4) is 5.75 Å². The maximum atomic E-state index is 6.27. The van der Waals surface area contributed by atoms with Crippen molar-refractivity contribution in [2.45, 2.75) is 49.7 Å². The van der Waals surface area contributed by atoms with Gasteiger partial charge >= 0.3 is 0 Å². The number of aromatic nitrogens is 1. The minimum Gasteiger partial charge on any atom is -0.496 e. The quantitative estimate of drug-likeness (QED) is 0.565. The third-order valence-corrected chi connectivity index (χ3v) is 6.90. The van der Waals surface area contributed by atoms with Crippen LogP contribution >= 0.6 is 11.3 Å². The van der Waals surface area contributed by atoms with E-state index in [0.717, 1.165) is 57.6 Å². The van der Waals surface area contributed by atoms with Crippen LogP contribution < -0.4 is 10.1 Å². The number of ether oxygens (including phenoxy) is 2. The molecule has 1 aliphatic heterocycles. The molecule has 3 heterocycles. The second-order valence-electron chi connectivity index (χ2n) is 7.67. The SMILES string of the molecule is COc1ccsc1CNCCC1(c2ccccn2)CCOC2(CC=CC2)C1. The summed E-state index contributed by atoms with van der Waals surface area (Å²) in [5.74, 6) is 0.981.